The third-order valence-electron chi connectivity index (χ3n) is 5.30. The first kappa shape index (κ1) is 22.0. The zero-order valence-corrected chi connectivity index (χ0v) is 18.4. The van der Waals surface area contributed by atoms with Crippen molar-refractivity contribution in [3.8, 4) is 11.6 Å². The van der Waals surface area contributed by atoms with Gasteiger partial charge in [-0.1, -0.05) is 36.8 Å². The number of carbonyl (C=O) groups is 1. The van der Waals surface area contributed by atoms with Crippen LogP contribution in [0.15, 0.2) is 77.8 Å². The molecule has 1 saturated heterocycles. The number of hydrogen-bond donors (Lipinski definition) is 1. The first-order valence-electron chi connectivity index (χ1n) is 10.6. The minimum atomic E-state index is -3.47. The second kappa shape index (κ2) is 9.93. The zero-order valence-electron chi connectivity index (χ0n) is 17.6. The Kier molecular flexibility index (Phi) is 6.82. The number of para-hydroxylation sites is 1. The van der Waals surface area contributed by atoms with Gasteiger partial charge in [-0.2, -0.15) is 4.31 Å². The molecule has 3 aromatic rings. The largest absolute Gasteiger partial charge is 0.438 e. The van der Waals surface area contributed by atoms with Crippen molar-refractivity contribution in [1.29, 1.82) is 0 Å². The fraction of sp³-hybridized carbons (Fsp3) is 0.250. The van der Waals surface area contributed by atoms with Crippen LogP contribution < -0.4 is 10.1 Å². The summed E-state index contributed by atoms with van der Waals surface area (Å²) in [4.78, 5) is 17.2. The predicted octanol–water partition coefficient (Wildman–Crippen LogP) is 3.98. The number of sulfonamides is 1. The van der Waals surface area contributed by atoms with Crippen LogP contribution in [0.2, 0.25) is 0 Å². The Balaban J connectivity index is 1.40. The van der Waals surface area contributed by atoms with Gasteiger partial charge in [0.25, 0.3) is 5.91 Å². The van der Waals surface area contributed by atoms with Crippen molar-refractivity contribution in [1.82, 2.24) is 14.6 Å². The highest BCUT2D eigenvalue weighted by atomic mass is 32.2. The van der Waals surface area contributed by atoms with Crippen molar-refractivity contribution >= 4 is 15.9 Å². The molecule has 1 fully saturated rings. The maximum Gasteiger partial charge on any atom is 0.257 e. The minimum absolute atomic E-state index is 0.221. The molecule has 0 radical (unpaired) electrons. The molecule has 0 aliphatic carbocycles. The fourth-order valence-corrected chi connectivity index (χ4v) is 5.07. The standard InChI is InChI=1S/C24H25N3O4S/c28-23(22-10-7-15-25-24(22)31-20-8-3-1-4-9-20)26-18-19-11-13-21(14-12-19)32(29,30)27-16-5-2-6-17-27/h1,3-4,7-15H,2,5-6,16-18H2,(H,26,28). The van der Waals surface area contributed by atoms with Gasteiger partial charge in [-0.05, 0) is 54.8 Å². The second-order valence-corrected chi connectivity index (χ2v) is 9.50. The van der Waals surface area contributed by atoms with Gasteiger partial charge in [-0.3, -0.25) is 4.79 Å². The van der Waals surface area contributed by atoms with Crippen LogP contribution in [0.25, 0.3) is 0 Å². The van der Waals surface area contributed by atoms with Crippen LogP contribution in [0.1, 0.15) is 35.2 Å². The van der Waals surface area contributed by atoms with Crippen molar-refractivity contribution in [3.63, 3.8) is 0 Å². The summed E-state index contributed by atoms with van der Waals surface area (Å²) in [5.41, 5.74) is 1.12. The first-order valence-corrected chi connectivity index (χ1v) is 12.0. The number of ether oxygens (including phenoxy) is 1. The van der Waals surface area contributed by atoms with Crippen LogP contribution in [-0.4, -0.2) is 36.7 Å². The number of carbonyl (C=O) groups excluding carboxylic acids is 1. The molecule has 8 heteroatoms. The van der Waals surface area contributed by atoms with Gasteiger partial charge < -0.3 is 10.1 Å². The molecule has 2 heterocycles. The highest BCUT2D eigenvalue weighted by Crippen LogP contribution is 2.23. The lowest BCUT2D eigenvalue weighted by Gasteiger charge is -2.25. The van der Waals surface area contributed by atoms with E-state index in [1.807, 2.05) is 18.2 Å². The average molecular weight is 452 g/mol. The van der Waals surface area contributed by atoms with E-state index in [1.165, 1.54) is 0 Å². The van der Waals surface area contributed by atoms with Crippen LogP contribution >= 0.6 is 0 Å². The zero-order chi connectivity index (χ0) is 22.4. The molecule has 1 aliphatic heterocycles. The second-order valence-electron chi connectivity index (χ2n) is 7.56. The normalized spacial score (nSPS) is 14.6. The molecule has 1 aliphatic rings. The summed E-state index contributed by atoms with van der Waals surface area (Å²) in [6.45, 7) is 1.39. The molecule has 7 nitrogen and oxygen atoms in total. The van der Waals surface area contributed by atoms with Gasteiger partial charge >= 0.3 is 0 Å². The van der Waals surface area contributed by atoms with Gasteiger partial charge in [0, 0.05) is 25.8 Å². The molecule has 0 saturated carbocycles. The number of amides is 1. The Labute approximate surface area is 188 Å². The molecular weight excluding hydrogens is 426 g/mol. The number of nitrogens with one attached hydrogen (secondary N) is 1. The molecular formula is C24H25N3O4S. The van der Waals surface area contributed by atoms with E-state index >= 15 is 0 Å². The highest BCUT2D eigenvalue weighted by Gasteiger charge is 2.25. The van der Waals surface area contributed by atoms with Crippen LogP contribution in [-0.2, 0) is 16.6 Å². The summed E-state index contributed by atoms with van der Waals surface area (Å²) in [6.07, 6.45) is 4.43. The lowest BCUT2D eigenvalue weighted by Crippen LogP contribution is -2.35. The van der Waals surface area contributed by atoms with Crippen molar-refractivity contribution in [2.24, 2.45) is 0 Å². The molecule has 2 aromatic carbocycles. The van der Waals surface area contributed by atoms with E-state index in [0.29, 0.717) is 24.4 Å². The molecule has 1 aromatic heterocycles. The molecule has 0 bridgehead atoms. The van der Waals surface area contributed by atoms with Crippen LogP contribution in [0, 0.1) is 0 Å². The summed E-state index contributed by atoms with van der Waals surface area (Å²) in [6, 6.07) is 19.1. The van der Waals surface area contributed by atoms with Gasteiger partial charge in [0.2, 0.25) is 15.9 Å². The third-order valence-corrected chi connectivity index (χ3v) is 7.22. The van der Waals surface area contributed by atoms with Crippen LogP contribution in [0.3, 0.4) is 0 Å². The smallest absolute Gasteiger partial charge is 0.257 e. The highest BCUT2D eigenvalue weighted by molar-refractivity contribution is 7.89. The lowest BCUT2D eigenvalue weighted by atomic mass is 10.2. The number of piperidine rings is 1. The van der Waals surface area contributed by atoms with E-state index in [1.54, 1.807) is 59.0 Å². The van der Waals surface area contributed by atoms with Crippen LogP contribution in [0.5, 0.6) is 11.6 Å². The molecule has 166 valence electrons. The Bertz CT molecular complexity index is 1160. The van der Waals surface area contributed by atoms with E-state index < -0.39 is 10.0 Å². The number of rotatable bonds is 7. The molecule has 1 amide bonds. The molecule has 1 N–H and O–H groups in total. The Hall–Kier alpha value is -3.23. The van der Waals surface area contributed by atoms with Gasteiger partial charge in [-0.25, -0.2) is 13.4 Å². The molecule has 32 heavy (non-hydrogen) atoms. The van der Waals surface area contributed by atoms with Crippen molar-refractivity contribution in [2.75, 3.05) is 13.1 Å². The van der Waals surface area contributed by atoms with Gasteiger partial charge in [0.05, 0.1) is 4.90 Å². The SMILES string of the molecule is O=C(NCc1ccc(S(=O)(=O)N2CCCCC2)cc1)c1cccnc1Oc1ccccc1. The summed E-state index contributed by atoms with van der Waals surface area (Å²) in [7, 11) is -3.47. The van der Waals surface area contributed by atoms with Crippen molar-refractivity contribution < 1.29 is 17.9 Å². The maximum absolute atomic E-state index is 12.8. The van der Waals surface area contributed by atoms with Gasteiger partial charge in [0.15, 0.2) is 0 Å². The number of benzene rings is 2. The number of pyridine rings is 1. The Morgan fingerprint density at radius 1 is 0.938 bits per heavy atom. The minimum Gasteiger partial charge on any atom is -0.438 e. The fourth-order valence-electron chi connectivity index (χ4n) is 3.56. The summed E-state index contributed by atoms with van der Waals surface area (Å²) >= 11 is 0. The maximum atomic E-state index is 12.8. The predicted molar refractivity (Wildman–Crippen MR) is 121 cm³/mol. The van der Waals surface area contributed by atoms with E-state index in [0.717, 1.165) is 24.8 Å². The molecule has 4 rings (SSSR count). The number of hydrogen-bond acceptors (Lipinski definition) is 5. The van der Waals surface area contributed by atoms with E-state index in [2.05, 4.69) is 10.3 Å². The Morgan fingerprint density at radius 2 is 1.66 bits per heavy atom. The average Bonchev–Trinajstić information content (AvgIpc) is 2.84. The monoisotopic (exact) mass is 451 g/mol. The molecule has 0 spiro atoms. The van der Waals surface area contributed by atoms with E-state index in [-0.39, 0.29) is 23.2 Å². The van der Waals surface area contributed by atoms with E-state index in [9.17, 15) is 13.2 Å². The van der Waals surface area contributed by atoms with E-state index in [4.69, 9.17) is 4.74 Å². The molecule has 0 unspecified atom stereocenters. The first-order chi connectivity index (χ1) is 15.5. The van der Waals surface area contributed by atoms with Crippen molar-refractivity contribution in [3.05, 3.63) is 84.1 Å². The third kappa shape index (κ3) is 5.15. The molecule has 0 atom stereocenters. The lowest BCUT2D eigenvalue weighted by molar-refractivity contribution is 0.0948. The topological polar surface area (TPSA) is 88.6 Å². The summed E-state index contributed by atoms with van der Waals surface area (Å²) < 4.78 is 32.8. The van der Waals surface area contributed by atoms with Gasteiger partial charge in [-0.15, -0.1) is 0 Å². The summed E-state index contributed by atoms with van der Waals surface area (Å²) in [5.74, 6) is 0.485. The van der Waals surface area contributed by atoms with Gasteiger partial charge in [0.1, 0.15) is 11.3 Å². The van der Waals surface area contributed by atoms with Crippen molar-refractivity contribution in [2.45, 2.75) is 30.7 Å². The number of nitrogens with zero attached hydrogens (tertiary/aromatic N) is 2. The summed E-state index contributed by atoms with van der Waals surface area (Å²) in [5, 5.41) is 2.84. The van der Waals surface area contributed by atoms with Crippen LogP contribution in [0.4, 0.5) is 0 Å². The number of aromatic nitrogens is 1. The Morgan fingerprint density at radius 3 is 2.38 bits per heavy atom. The quantitative estimate of drug-likeness (QED) is 0.587.